The number of hydrogen-bond donors (Lipinski definition) is 1. The molecule has 0 fully saturated rings. The van der Waals surface area contributed by atoms with Crippen molar-refractivity contribution in [3.05, 3.63) is 34.1 Å². The van der Waals surface area contributed by atoms with Gasteiger partial charge in [0.15, 0.2) is 0 Å². The maximum atomic E-state index is 13.4. The maximum Gasteiger partial charge on any atom is 0.256 e. The zero-order chi connectivity index (χ0) is 11.4. The number of carbonyl (C=O) groups is 1. The molecule has 0 aliphatic heterocycles. The molecule has 0 saturated carbocycles. The Hall–Kier alpha value is -0.940. The minimum absolute atomic E-state index is 0.00847. The second-order valence-electron chi connectivity index (χ2n) is 3.07. The number of aliphatic hydroxyl groups is 1. The van der Waals surface area contributed by atoms with Crippen molar-refractivity contribution >= 4 is 21.8 Å². The molecule has 0 bridgehead atoms. The van der Waals surface area contributed by atoms with Crippen LogP contribution < -0.4 is 0 Å². The quantitative estimate of drug-likeness (QED) is 0.912. The van der Waals surface area contributed by atoms with E-state index in [4.69, 9.17) is 5.11 Å². The van der Waals surface area contributed by atoms with Crippen molar-refractivity contribution in [1.29, 1.82) is 0 Å². The molecule has 3 nitrogen and oxygen atoms in total. The third kappa shape index (κ3) is 3.00. The molecule has 0 aliphatic rings. The number of aliphatic hydroxyl groups excluding tert-OH is 1. The van der Waals surface area contributed by atoms with Crippen LogP contribution in [0.25, 0.3) is 0 Å². The SMILES string of the molecule is CN(CCO)C(=O)c1ccc(Br)cc1F. The van der Waals surface area contributed by atoms with Gasteiger partial charge in [0.1, 0.15) is 5.82 Å². The number of hydrogen-bond acceptors (Lipinski definition) is 2. The summed E-state index contributed by atoms with van der Waals surface area (Å²) in [5.41, 5.74) is 0.00847. The fourth-order valence-corrected chi connectivity index (χ4v) is 1.45. The van der Waals surface area contributed by atoms with Gasteiger partial charge in [0.05, 0.1) is 12.2 Å². The average Bonchev–Trinajstić information content (AvgIpc) is 2.17. The van der Waals surface area contributed by atoms with Crippen molar-refractivity contribution in [1.82, 2.24) is 4.90 Å². The summed E-state index contributed by atoms with van der Waals surface area (Å²) in [6.07, 6.45) is 0. The van der Waals surface area contributed by atoms with Crippen LogP contribution in [0.15, 0.2) is 22.7 Å². The second-order valence-corrected chi connectivity index (χ2v) is 3.99. The monoisotopic (exact) mass is 275 g/mol. The van der Waals surface area contributed by atoms with Gasteiger partial charge in [-0.3, -0.25) is 4.79 Å². The van der Waals surface area contributed by atoms with Crippen molar-refractivity contribution in [3.8, 4) is 0 Å². The summed E-state index contributed by atoms with van der Waals surface area (Å²) in [6, 6.07) is 4.25. The van der Waals surface area contributed by atoms with Crippen molar-refractivity contribution < 1.29 is 14.3 Å². The minimum atomic E-state index is -0.570. The predicted molar refractivity (Wildman–Crippen MR) is 58.1 cm³/mol. The van der Waals surface area contributed by atoms with E-state index >= 15 is 0 Å². The predicted octanol–water partition coefficient (Wildman–Crippen LogP) is 1.65. The van der Waals surface area contributed by atoms with E-state index in [9.17, 15) is 9.18 Å². The van der Waals surface area contributed by atoms with Gasteiger partial charge in [-0.2, -0.15) is 0 Å². The molecule has 0 unspecified atom stereocenters. The van der Waals surface area contributed by atoms with E-state index in [-0.39, 0.29) is 18.7 Å². The molecule has 0 atom stereocenters. The molecule has 1 rings (SSSR count). The first-order chi connectivity index (χ1) is 7.06. The highest BCUT2D eigenvalue weighted by molar-refractivity contribution is 9.10. The highest BCUT2D eigenvalue weighted by Gasteiger charge is 2.15. The fourth-order valence-electron chi connectivity index (χ4n) is 1.12. The number of rotatable bonds is 3. The molecule has 0 radical (unpaired) electrons. The largest absolute Gasteiger partial charge is 0.395 e. The van der Waals surface area contributed by atoms with Crippen LogP contribution in [-0.4, -0.2) is 36.1 Å². The lowest BCUT2D eigenvalue weighted by atomic mass is 10.2. The third-order valence-electron chi connectivity index (χ3n) is 1.94. The number of benzene rings is 1. The molecule has 15 heavy (non-hydrogen) atoms. The number of likely N-dealkylation sites (N-methyl/N-ethyl adjacent to an activating group) is 1. The number of nitrogens with zero attached hydrogens (tertiary/aromatic N) is 1. The molecule has 1 N–H and O–H groups in total. The number of halogens is 2. The Morgan fingerprint density at radius 1 is 1.60 bits per heavy atom. The number of carbonyl (C=O) groups excluding carboxylic acids is 1. The molecular weight excluding hydrogens is 265 g/mol. The molecule has 0 aromatic heterocycles. The molecular formula is C10H11BrFNO2. The summed E-state index contributed by atoms with van der Waals surface area (Å²) in [4.78, 5) is 12.9. The van der Waals surface area contributed by atoms with Crippen molar-refractivity contribution in [3.63, 3.8) is 0 Å². The van der Waals surface area contributed by atoms with Gasteiger partial charge in [0, 0.05) is 18.1 Å². The molecule has 0 saturated heterocycles. The molecule has 1 aromatic carbocycles. The lowest BCUT2D eigenvalue weighted by Crippen LogP contribution is -2.30. The van der Waals surface area contributed by atoms with Gasteiger partial charge < -0.3 is 10.0 Å². The minimum Gasteiger partial charge on any atom is -0.395 e. The zero-order valence-electron chi connectivity index (χ0n) is 8.20. The van der Waals surface area contributed by atoms with Gasteiger partial charge >= 0.3 is 0 Å². The Labute approximate surface area is 95.6 Å². The Morgan fingerprint density at radius 2 is 2.27 bits per heavy atom. The molecule has 1 aromatic rings. The molecule has 0 spiro atoms. The normalized spacial score (nSPS) is 10.1. The molecule has 0 heterocycles. The number of amides is 1. The molecule has 0 aliphatic carbocycles. The van der Waals surface area contributed by atoms with Gasteiger partial charge in [0.25, 0.3) is 5.91 Å². The Balaban J connectivity index is 2.91. The Bertz CT molecular complexity index is 370. The lowest BCUT2D eigenvalue weighted by Gasteiger charge is -2.15. The molecule has 5 heteroatoms. The zero-order valence-corrected chi connectivity index (χ0v) is 9.79. The van der Waals surface area contributed by atoms with Gasteiger partial charge in [-0.05, 0) is 18.2 Å². The molecule has 1 amide bonds. The molecule has 82 valence electrons. The van der Waals surface area contributed by atoms with Crippen molar-refractivity contribution in [2.75, 3.05) is 20.2 Å². The van der Waals surface area contributed by atoms with Crippen LogP contribution >= 0.6 is 15.9 Å². The first-order valence-electron chi connectivity index (χ1n) is 4.37. The summed E-state index contributed by atoms with van der Waals surface area (Å²) < 4.78 is 13.9. The van der Waals surface area contributed by atoms with Crippen molar-refractivity contribution in [2.24, 2.45) is 0 Å². The fraction of sp³-hybridized carbons (Fsp3) is 0.300. The van der Waals surface area contributed by atoms with Gasteiger partial charge in [0.2, 0.25) is 0 Å². The van der Waals surface area contributed by atoms with Crippen molar-refractivity contribution in [2.45, 2.75) is 0 Å². The summed E-state index contributed by atoms with van der Waals surface area (Å²) in [5, 5.41) is 8.65. The van der Waals surface area contributed by atoms with Crippen LogP contribution in [0.3, 0.4) is 0 Å². The Morgan fingerprint density at radius 3 is 2.80 bits per heavy atom. The van der Waals surface area contributed by atoms with E-state index < -0.39 is 11.7 Å². The second kappa shape index (κ2) is 5.23. The highest BCUT2D eigenvalue weighted by atomic mass is 79.9. The van der Waals surface area contributed by atoms with Crippen LogP contribution in [0.4, 0.5) is 4.39 Å². The summed E-state index contributed by atoms with van der Waals surface area (Å²) in [6.45, 7) is 0.0503. The van der Waals surface area contributed by atoms with E-state index in [1.54, 1.807) is 6.07 Å². The van der Waals surface area contributed by atoms with Crippen LogP contribution in [0.5, 0.6) is 0 Å². The smallest absolute Gasteiger partial charge is 0.256 e. The van der Waals surface area contributed by atoms with Gasteiger partial charge in [-0.25, -0.2) is 4.39 Å². The van der Waals surface area contributed by atoms with E-state index in [0.717, 1.165) is 0 Å². The van der Waals surface area contributed by atoms with E-state index in [1.165, 1.54) is 24.1 Å². The van der Waals surface area contributed by atoms with Gasteiger partial charge in [-0.15, -0.1) is 0 Å². The first kappa shape index (κ1) is 12.1. The third-order valence-corrected chi connectivity index (χ3v) is 2.44. The summed E-state index contributed by atoms with van der Waals surface area (Å²) in [5.74, 6) is -1.01. The average molecular weight is 276 g/mol. The summed E-state index contributed by atoms with van der Waals surface area (Å²) >= 11 is 3.11. The van der Waals surface area contributed by atoms with E-state index in [1.807, 2.05) is 0 Å². The van der Waals surface area contributed by atoms with E-state index in [0.29, 0.717) is 4.47 Å². The topological polar surface area (TPSA) is 40.5 Å². The Kier molecular flexibility index (Phi) is 4.23. The first-order valence-corrected chi connectivity index (χ1v) is 5.17. The van der Waals surface area contributed by atoms with Gasteiger partial charge in [-0.1, -0.05) is 15.9 Å². The van der Waals surface area contributed by atoms with Crippen LogP contribution in [-0.2, 0) is 0 Å². The lowest BCUT2D eigenvalue weighted by molar-refractivity contribution is 0.0762. The standard InChI is InChI=1S/C10H11BrFNO2/c1-13(4-5-14)10(15)8-3-2-7(11)6-9(8)12/h2-3,6,14H,4-5H2,1H3. The van der Waals surface area contributed by atoms with Crippen LogP contribution in [0.1, 0.15) is 10.4 Å². The van der Waals surface area contributed by atoms with Crippen LogP contribution in [0.2, 0.25) is 0 Å². The summed E-state index contributed by atoms with van der Waals surface area (Å²) in [7, 11) is 1.51. The van der Waals surface area contributed by atoms with E-state index in [2.05, 4.69) is 15.9 Å². The highest BCUT2D eigenvalue weighted by Crippen LogP contribution is 2.16. The maximum absolute atomic E-state index is 13.4. The van der Waals surface area contributed by atoms with Crippen LogP contribution in [0, 0.1) is 5.82 Å².